The first-order valence-corrected chi connectivity index (χ1v) is 9.54. The minimum absolute atomic E-state index is 0.0170. The van der Waals surface area contributed by atoms with Gasteiger partial charge in [-0.2, -0.15) is 16.9 Å². The number of sulfonamides is 1. The van der Waals surface area contributed by atoms with Crippen LogP contribution in [-0.4, -0.2) is 36.2 Å². The molecule has 1 aliphatic rings. The maximum absolute atomic E-state index is 12.5. The maximum Gasteiger partial charge on any atom is 0.244 e. The molecule has 8 heteroatoms. The number of nitrogens with zero attached hydrogens (tertiary/aromatic N) is 1. The van der Waals surface area contributed by atoms with Gasteiger partial charge in [-0.1, -0.05) is 0 Å². The summed E-state index contributed by atoms with van der Waals surface area (Å²) in [6.07, 6.45) is 6.00. The lowest BCUT2D eigenvalue weighted by atomic mass is 9.96. The Labute approximate surface area is 124 Å². The third kappa shape index (κ3) is 3.36. The Kier molecular flexibility index (Phi) is 5.11. The van der Waals surface area contributed by atoms with Crippen LogP contribution >= 0.6 is 11.8 Å². The molecule has 0 atom stereocenters. The molecular formula is C12H22N4O2S2. The SMILES string of the molecule is CSC1CCC(NS(=O)(=O)c2c(CN)n[nH]c2C)CC1. The highest BCUT2D eigenvalue weighted by molar-refractivity contribution is 7.99. The molecule has 6 nitrogen and oxygen atoms in total. The highest BCUT2D eigenvalue weighted by Crippen LogP contribution is 2.28. The van der Waals surface area contributed by atoms with Crippen molar-refractivity contribution in [2.45, 2.75) is 55.3 Å². The number of aromatic nitrogens is 2. The van der Waals surface area contributed by atoms with Gasteiger partial charge in [0.25, 0.3) is 0 Å². The van der Waals surface area contributed by atoms with E-state index >= 15 is 0 Å². The number of aromatic amines is 1. The second-order valence-corrected chi connectivity index (χ2v) is 7.95. The number of nitrogens with one attached hydrogen (secondary N) is 2. The predicted molar refractivity (Wildman–Crippen MR) is 81.1 cm³/mol. The zero-order chi connectivity index (χ0) is 14.8. The van der Waals surface area contributed by atoms with Crippen molar-refractivity contribution in [3.63, 3.8) is 0 Å². The molecule has 1 heterocycles. The highest BCUT2D eigenvalue weighted by atomic mass is 32.2. The van der Waals surface area contributed by atoms with Gasteiger partial charge in [-0.15, -0.1) is 0 Å². The lowest BCUT2D eigenvalue weighted by molar-refractivity contribution is 0.419. The molecule has 114 valence electrons. The van der Waals surface area contributed by atoms with E-state index in [9.17, 15) is 8.42 Å². The molecular weight excluding hydrogens is 296 g/mol. The third-order valence-electron chi connectivity index (χ3n) is 3.75. The monoisotopic (exact) mass is 318 g/mol. The van der Waals surface area contributed by atoms with E-state index in [-0.39, 0.29) is 17.5 Å². The Morgan fingerprint density at radius 3 is 2.60 bits per heavy atom. The molecule has 1 fully saturated rings. The number of aryl methyl sites for hydroxylation is 1. The van der Waals surface area contributed by atoms with Crippen molar-refractivity contribution in [3.8, 4) is 0 Å². The van der Waals surface area contributed by atoms with Gasteiger partial charge in [0, 0.05) is 17.8 Å². The Bertz CT molecular complexity index is 548. The zero-order valence-electron chi connectivity index (χ0n) is 11.8. The van der Waals surface area contributed by atoms with Gasteiger partial charge < -0.3 is 5.73 Å². The lowest BCUT2D eigenvalue weighted by Gasteiger charge is -2.27. The number of hydrogen-bond donors (Lipinski definition) is 3. The number of nitrogens with two attached hydrogens (primary N) is 1. The summed E-state index contributed by atoms with van der Waals surface area (Å²) < 4.78 is 27.8. The molecule has 0 unspecified atom stereocenters. The predicted octanol–water partition coefficient (Wildman–Crippen LogP) is 1.13. The fourth-order valence-corrected chi connectivity index (χ4v) is 5.08. The lowest BCUT2D eigenvalue weighted by Crippen LogP contribution is -2.38. The minimum Gasteiger partial charge on any atom is -0.325 e. The summed E-state index contributed by atoms with van der Waals surface area (Å²) >= 11 is 1.86. The first-order valence-electron chi connectivity index (χ1n) is 6.77. The van der Waals surface area contributed by atoms with Gasteiger partial charge in [-0.25, -0.2) is 13.1 Å². The fraction of sp³-hybridized carbons (Fsp3) is 0.750. The quantitative estimate of drug-likeness (QED) is 0.755. The average Bonchev–Trinajstić information content (AvgIpc) is 2.81. The van der Waals surface area contributed by atoms with Crippen LogP contribution in [-0.2, 0) is 16.6 Å². The average molecular weight is 318 g/mol. The number of thioether (sulfide) groups is 1. The first-order chi connectivity index (χ1) is 9.47. The maximum atomic E-state index is 12.5. The molecule has 1 aromatic heterocycles. The first kappa shape index (κ1) is 15.8. The Balaban J connectivity index is 2.10. The van der Waals surface area contributed by atoms with E-state index in [0.29, 0.717) is 16.6 Å². The van der Waals surface area contributed by atoms with E-state index in [1.165, 1.54) is 0 Å². The van der Waals surface area contributed by atoms with Crippen LogP contribution in [0.15, 0.2) is 4.90 Å². The van der Waals surface area contributed by atoms with Gasteiger partial charge in [0.15, 0.2) is 0 Å². The Morgan fingerprint density at radius 1 is 1.40 bits per heavy atom. The van der Waals surface area contributed by atoms with Gasteiger partial charge in [0.2, 0.25) is 10.0 Å². The Hall–Kier alpha value is -0.570. The van der Waals surface area contributed by atoms with Crippen molar-refractivity contribution in [2.24, 2.45) is 5.73 Å². The van der Waals surface area contributed by atoms with E-state index in [0.717, 1.165) is 25.7 Å². The molecule has 0 radical (unpaired) electrons. The van der Waals surface area contributed by atoms with Crippen LogP contribution in [0.2, 0.25) is 0 Å². The summed E-state index contributed by atoms with van der Waals surface area (Å²) in [7, 11) is -3.54. The molecule has 2 rings (SSSR count). The van der Waals surface area contributed by atoms with Crippen LogP contribution in [0.5, 0.6) is 0 Å². The largest absolute Gasteiger partial charge is 0.325 e. The number of H-pyrrole nitrogens is 1. The molecule has 1 aromatic rings. The normalized spacial score (nSPS) is 23.9. The minimum atomic E-state index is -3.54. The van der Waals surface area contributed by atoms with Crippen molar-refractivity contribution < 1.29 is 8.42 Å². The number of rotatable bonds is 5. The van der Waals surface area contributed by atoms with Crippen molar-refractivity contribution in [1.29, 1.82) is 0 Å². The highest BCUT2D eigenvalue weighted by Gasteiger charge is 2.29. The van der Waals surface area contributed by atoms with E-state index in [2.05, 4.69) is 21.2 Å². The van der Waals surface area contributed by atoms with Gasteiger partial charge in [-0.05, 0) is 38.9 Å². The molecule has 20 heavy (non-hydrogen) atoms. The van der Waals surface area contributed by atoms with Crippen LogP contribution in [0.4, 0.5) is 0 Å². The van der Waals surface area contributed by atoms with Crippen molar-refractivity contribution in [3.05, 3.63) is 11.4 Å². The molecule has 0 aliphatic heterocycles. The van der Waals surface area contributed by atoms with E-state index in [1.807, 2.05) is 11.8 Å². The molecule has 4 N–H and O–H groups in total. The summed E-state index contributed by atoms with van der Waals surface area (Å²) in [6, 6.07) is 0.0170. The summed E-state index contributed by atoms with van der Waals surface area (Å²) in [6.45, 7) is 1.81. The van der Waals surface area contributed by atoms with Crippen molar-refractivity contribution >= 4 is 21.8 Å². The summed E-state index contributed by atoms with van der Waals surface area (Å²) in [5.74, 6) is 0. The molecule has 0 aromatic carbocycles. The summed E-state index contributed by atoms with van der Waals surface area (Å²) in [5, 5.41) is 7.30. The second-order valence-electron chi connectivity index (χ2n) is 5.16. The second kappa shape index (κ2) is 6.46. The fourth-order valence-electron chi connectivity index (χ4n) is 2.66. The van der Waals surface area contributed by atoms with Crippen molar-refractivity contribution in [1.82, 2.24) is 14.9 Å². The molecule has 0 saturated heterocycles. The topological polar surface area (TPSA) is 101 Å². The van der Waals surface area contributed by atoms with Gasteiger partial charge in [-0.3, -0.25) is 5.10 Å². The van der Waals surface area contributed by atoms with E-state index < -0.39 is 10.0 Å². The van der Waals surface area contributed by atoms with Gasteiger partial charge in [0.1, 0.15) is 4.90 Å². The van der Waals surface area contributed by atoms with Crippen LogP contribution in [0.1, 0.15) is 37.1 Å². The third-order valence-corrected chi connectivity index (χ3v) is 6.61. The van der Waals surface area contributed by atoms with E-state index in [1.54, 1.807) is 6.92 Å². The van der Waals surface area contributed by atoms with Gasteiger partial charge >= 0.3 is 0 Å². The molecule has 1 aliphatic carbocycles. The van der Waals surface area contributed by atoms with Crippen LogP contribution in [0, 0.1) is 6.92 Å². The van der Waals surface area contributed by atoms with E-state index in [4.69, 9.17) is 5.73 Å². The number of hydrogen-bond acceptors (Lipinski definition) is 5. The van der Waals surface area contributed by atoms with Gasteiger partial charge in [0.05, 0.1) is 11.4 Å². The molecule has 0 bridgehead atoms. The van der Waals surface area contributed by atoms with Crippen molar-refractivity contribution in [2.75, 3.05) is 6.26 Å². The molecule has 0 amide bonds. The molecule has 0 spiro atoms. The van der Waals surface area contributed by atoms with Crippen LogP contribution in [0.3, 0.4) is 0 Å². The van der Waals surface area contributed by atoms with Crippen LogP contribution in [0.25, 0.3) is 0 Å². The Morgan fingerprint density at radius 2 is 2.05 bits per heavy atom. The summed E-state index contributed by atoms with van der Waals surface area (Å²) in [5.41, 5.74) is 6.49. The molecule has 1 saturated carbocycles. The standard InChI is InChI=1S/C12H22N4O2S2/c1-8-12(11(7-13)15-14-8)20(17,18)16-9-3-5-10(19-2)6-4-9/h9-10,16H,3-7,13H2,1-2H3,(H,14,15). The smallest absolute Gasteiger partial charge is 0.244 e. The zero-order valence-corrected chi connectivity index (χ0v) is 13.5. The van der Waals surface area contributed by atoms with Crippen LogP contribution < -0.4 is 10.5 Å². The summed E-state index contributed by atoms with van der Waals surface area (Å²) in [4.78, 5) is 0.215.